The van der Waals surface area contributed by atoms with Gasteiger partial charge in [-0.05, 0) is 31.0 Å². The fourth-order valence-corrected chi connectivity index (χ4v) is 3.17. The van der Waals surface area contributed by atoms with Crippen LogP contribution in [0.2, 0.25) is 5.02 Å². The van der Waals surface area contributed by atoms with Crippen LogP contribution >= 0.6 is 11.6 Å². The molecule has 3 heterocycles. The quantitative estimate of drug-likeness (QED) is 0.438. The summed E-state index contributed by atoms with van der Waals surface area (Å²) < 4.78 is 20.9. The standard InChI is InChI=1S/C18H17ClFN7O3/c19-14-2-1-11(7-15(14)20)23-17-16(27(28)29)9-21-18(25-17)24-12-8-22-26(10-12)13-3-5-30-6-4-13/h1-2,7-10,13H,3-6H2,(H2,21,23,24,25). The predicted molar refractivity (Wildman–Crippen MR) is 108 cm³/mol. The van der Waals surface area contributed by atoms with Gasteiger partial charge in [0.25, 0.3) is 0 Å². The summed E-state index contributed by atoms with van der Waals surface area (Å²) in [6.07, 6.45) is 6.28. The molecule has 0 unspecified atom stereocenters. The molecule has 1 fully saturated rings. The predicted octanol–water partition coefficient (Wildman–Crippen LogP) is 4.21. The van der Waals surface area contributed by atoms with Gasteiger partial charge < -0.3 is 15.4 Å². The Morgan fingerprint density at radius 1 is 1.23 bits per heavy atom. The lowest BCUT2D eigenvalue weighted by atomic mass is 10.1. The first-order valence-electron chi connectivity index (χ1n) is 9.12. The molecule has 156 valence electrons. The van der Waals surface area contributed by atoms with E-state index in [0.717, 1.165) is 25.1 Å². The van der Waals surface area contributed by atoms with E-state index in [1.165, 1.54) is 12.1 Å². The molecule has 3 aromatic rings. The maximum atomic E-state index is 13.7. The second kappa shape index (κ2) is 8.59. The number of nitro groups is 1. The minimum absolute atomic E-state index is 0.0540. The van der Waals surface area contributed by atoms with Gasteiger partial charge in [-0.2, -0.15) is 10.1 Å². The SMILES string of the molecule is O=[N+]([O-])c1cnc(Nc2cnn(C3CCOCC3)c2)nc1Nc1ccc(Cl)c(F)c1. The van der Waals surface area contributed by atoms with E-state index < -0.39 is 10.7 Å². The molecule has 12 heteroatoms. The van der Waals surface area contributed by atoms with Crippen LogP contribution in [0.3, 0.4) is 0 Å². The highest BCUT2D eigenvalue weighted by Gasteiger charge is 2.20. The van der Waals surface area contributed by atoms with E-state index >= 15 is 0 Å². The van der Waals surface area contributed by atoms with Gasteiger partial charge in [0.1, 0.15) is 12.0 Å². The molecule has 0 amide bonds. The van der Waals surface area contributed by atoms with Crippen molar-refractivity contribution < 1.29 is 14.1 Å². The molecule has 1 aliphatic heterocycles. The molecule has 1 saturated heterocycles. The summed E-state index contributed by atoms with van der Waals surface area (Å²) in [6, 6.07) is 4.21. The minimum Gasteiger partial charge on any atom is -0.381 e. The summed E-state index contributed by atoms with van der Waals surface area (Å²) in [4.78, 5) is 18.9. The molecule has 10 nitrogen and oxygen atoms in total. The van der Waals surface area contributed by atoms with E-state index in [1.807, 2.05) is 10.9 Å². The van der Waals surface area contributed by atoms with E-state index in [1.54, 1.807) is 6.20 Å². The molecule has 0 radical (unpaired) electrons. The van der Waals surface area contributed by atoms with Crippen LogP contribution in [0.4, 0.5) is 33.2 Å². The third-order valence-electron chi connectivity index (χ3n) is 4.57. The third kappa shape index (κ3) is 4.47. The van der Waals surface area contributed by atoms with Crippen LogP contribution in [0.5, 0.6) is 0 Å². The largest absolute Gasteiger partial charge is 0.381 e. The Morgan fingerprint density at radius 3 is 2.77 bits per heavy atom. The number of ether oxygens (including phenoxy) is 1. The van der Waals surface area contributed by atoms with Gasteiger partial charge in [-0.15, -0.1) is 0 Å². The van der Waals surface area contributed by atoms with Gasteiger partial charge in [0.15, 0.2) is 0 Å². The lowest BCUT2D eigenvalue weighted by Gasteiger charge is -2.22. The molecular formula is C18H17ClFN7O3. The van der Waals surface area contributed by atoms with E-state index in [4.69, 9.17) is 16.3 Å². The van der Waals surface area contributed by atoms with Crippen LogP contribution in [-0.4, -0.2) is 37.9 Å². The van der Waals surface area contributed by atoms with Crippen LogP contribution in [0, 0.1) is 15.9 Å². The number of hydrogen-bond donors (Lipinski definition) is 2. The molecule has 4 rings (SSSR count). The van der Waals surface area contributed by atoms with Gasteiger partial charge in [-0.25, -0.2) is 9.37 Å². The molecule has 0 bridgehead atoms. The second-order valence-electron chi connectivity index (χ2n) is 6.62. The lowest BCUT2D eigenvalue weighted by molar-refractivity contribution is -0.384. The number of nitrogens with one attached hydrogen (secondary N) is 2. The van der Waals surface area contributed by atoms with Gasteiger partial charge in [0.2, 0.25) is 11.8 Å². The van der Waals surface area contributed by atoms with Gasteiger partial charge >= 0.3 is 5.69 Å². The number of aromatic nitrogens is 4. The summed E-state index contributed by atoms with van der Waals surface area (Å²) in [5.74, 6) is -0.614. The van der Waals surface area contributed by atoms with E-state index in [2.05, 4.69) is 25.7 Å². The van der Waals surface area contributed by atoms with E-state index in [0.29, 0.717) is 18.9 Å². The molecule has 1 aromatic carbocycles. The Hall–Kier alpha value is -3.31. The number of halogens is 2. The number of rotatable bonds is 6. The summed E-state index contributed by atoms with van der Waals surface area (Å²) in [6.45, 7) is 1.39. The molecule has 0 saturated carbocycles. The first kappa shape index (κ1) is 20.0. The van der Waals surface area contributed by atoms with Gasteiger partial charge in [0, 0.05) is 25.1 Å². The molecule has 1 aliphatic rings. The molecule has 0 spiro atoms. The van der Waals surface area contributed by atoms with Crippen molar-refractivity contribution in [2.45, 2.75) is 18.9 Å². The van der Waals surface area contributed by atoms with Crippen molar-refractivity contribution in [2.75, 3.05) is 23.8 Å². The average Bonchev–Trinajstić information content (AvgIpc) is 3.20. The normalized spacial score (nSPS) is 14.5. The minimum atomic E-state index is -0.655. The zero-order chi connectivity index (χ0) is 21.1. The van der Waals surface area contributed by atoms with Crippen molar-refractivity contribution in [1.82, 2.24) is 19.7 Å². The zero-order valence-electron chi connectivity index (χ0n) is 15.6. The lowest BCUT2D eigenvalue weighted by Crippen LogP contribution is -2.19. The summed E-state index contributed by atoms with van der Waals surface area (Å²) in [5.41, 5.74) is 0.546. The maximum Gasteiger partial charge on any atom is 0.329 e. The monoisotopic (exact) mass is 433 g/mol. The third-order valence-corrected chi connectivity index (χ3v) is 4.88. The van der Waals surface area contributed by atoms with Crippen LogP contribution in [0.15, 0.2) is 36.8 Å². The number of hydrogen-bond acceptors (Lipinski definition) is 8. The van der Waals surface area contributed by atoms with Crippen LogP contribution in [0.1, 0.15) is 18.9 Å². The Morgan fingerprint density at radius 2 is 2.03 bits per heavy atom. The van der Waals surface area contributed by atoms with Crippen LogP contribution in [0.25, 0.3) is 0 Å². The summed E-state index contributed by atoms with van der Waals surface area (Å²) in [5, 5.41) is 21.3. The van der Waals surface area contributed by atoms with E-state index in [-0.39, 0.29) is 34.2 Å². The molecule has 0 atom stereocenters. The maximum absolute atomic E-state index is 13.7. The van der Waals surface area contributed by atoms with Crippen molar-refractivity contribution in [2.24, 2.45) is 0 Å². The van der Waals surface area contributed by atoms with E-state index in [9.17, 15) is 14.5 Å². The first-order valence-corrected chi connectivity index (χ1v) is 9.50. The Kier molecular flexibility index (Phi) is 5.72. The average molecular weight is 434 g/mol. The van der Waals surface area contributed by atoms with Gasteiger partial charge in [-0.3, -0.25) is 14.8 Å². The highest BCUT2D eigenvalue weighted by atomic mass is 35.5. The number of benzene rings is 1. The van der Waals surface area contributed by atoms with Crippen molar-refractivity contribution in [1.29, 1.82) is 0 Å². The number of nitrogens with zero attached hydrogens (tertiary/aromatic N) is 5. The van der Waals surface area contributed by atoms with Gasteiger partial charge in [-0.1, -0.05) is 11.6 Å². The van der Waals surface area contributed by atoms with Crippen molar-refractivity contribution in [3.8, 4) is 0 Å². The Labute approximate surface area is 175 Å². The summed E-state index contributed by atoms with van der Waals surface area (Å²) >= 11 is 5.68. The zero-order valence-corrected chi connectivity index (χ0v) is 16.3. The topological polar surface area (TPSA) is 120 Å². The van der Waals surface area contributed by atoms with Crippen LogP contribution in [-0.2, 0) is 4.74 Å². The smallest absolute Gasteiger partial charge is 0.329 e. The fourth-order valence-electron chi connectivity index (χ4n) is 3.05. The first-order chi connectivity index (χ1) is 14.5. The molecule has 0 aliphatic carbocycles. The molecule has 2 aromatic heterocycles. The van der Waals surface area contributed by atoms with Crippen molar-refractivity contribution in [3.05, 3.63) is 57.7 Å². The Bertz CT molecular complexity index is 1070. The van der Waals surface area contributed by atoms with Crippen molar-refractivity contribution >= 4 is 40.4 Å². The van der Waals surface area contributed by atoms with Crippen LogP contribution < -0.4 is 10.6 Å². The van der Waals surface area contributed by atoms with Gasteiger partial charge in [0.05, 0.1) is 27.9 Å². The fraction of sp³-hybridized carbons (Fsp3) is 0.278. The molecule has 30 heavy (non-hydrogen) atoms. The highest BCUT2D eigenvalue weighted by Crippen LogP contribution is 2.29. The van der Waals surface area contributed by atoms with Crippen molar-refractivity contribution in [3.63, 3.8) is 0 Å². The summed E-state index contributed by atoms with van der Waals surface area (Å²) in [7, 11) is 0. The molecular weight excluding hydrogens is 417 g/mol. The number of anilines is 4. The second-order valence-corrected chi connectivity index (χ2v) is 7.02. The molecule has 2 N–H and O–H groups in total. The highest BCUT2D eigenvalue weighted by molar-refractivity contribution is 6.30. The Balaban J connectivity index is 1.55.